The molecule has 26 heavy (non-hydrogen) atoms. The summed E-state index contributed by atoms with van der Waals surface area (Å²) in [5.41, 5.74) is 0. The fraction of sp³-hybridized carbons (Fsp3) is 0.0833. The molecule has 0 fully saturated rings. The second-order valence-corrected chi connectivity index (χ2v) is 9.66. The van der Waals surface area contributed by atoms with E-state index in [0.29, 0.717) is 0 Å². The molecule has 124 valence electrons. The zero-order chi connectivity index (χ0) is 17.4. The molecule has 0 aliphatic carbocycles. The Morgan fingerprint density at radius 3 is 1.12 bits per heavy atom. The highest BCUT2D eigenvalue weighted by molar-refractivity contribution is 7.19. The largest absolute Gasteiger partial charge is 0.141 e. The van der Waals surface area contributed by atoms with Gasteiger partial charge in [-0.05, 0) is 70.4 Å². The summed E-state index contributed by atoms with van der Waals surface area (Å²) in [4.78, 5) is 2.75. The van der Waals surface area contributed by atoms with Crippen molar-refractivity contribution in [3.05, 3.63) is 70.4 Å². The fourth-order valence-electron chi connectivity index (χ4n) is 4.33. The van der Waals surface area contributed by atoms with Crippen LogP contribution in [0.3, 0.4) is 0 Å². The molecule has 4 aromatic carbocycles. The van der Waals surface area contributed by atoms with Crippen LogP contribution >= 0.6 is 22.7 Å². The van der Waals surface area contributed by atoms with Gasteiger partial charge in [0.05, 0.1) is 0 Å². The molecule has 0 amide bonds. The molecule has 0 aliphatic rings. The first-order valence-corrected chi connectivity index (χ1v) is 10.5. The molecule has 0 bridgehead atoms. The molecule has 6 aromatic rings. The van der Waals surface area contributed by atoms with Crippen LogP contribution < -0.4 is 0 Å². The number of hydrogen-bond donors (Lipinski definition) is 0. The van der Waals surface area contributed by atoms with Crippen molar-refractivity contribution in [2.24, 2.45) is 0 Å². The molecule has 6 rings (SSSR count). The summed E-state index contributed by atoms with van der Waals surface area (Å²) < 4.78 is 2.76. The van der Waals surface area contributed by atoms with Crippen LogP contribution in [0.15, 0.2) is 60.7 Å². The van der Waals surface area contributed by atoms with Gasteiger partial charge in [0.2, 0.25) is 0 Å². The summed E-state index contributed by atoms with van der Waals surface area (Å²) in [5, 5.41) is 10.9. The number of aryl methyl sites for hydroxylation is 2. The molecule has 0 saturated heterocycles. The summed E-state index contributed by atoms with van der Waals surface area (Å²) in [6.07, 6.45) is 0. The van der Waals surface area contributed by atoms with Crippen molar-refractivity contribution >= 4 is 75.2 Å². The maximum atomic E-state index is 2.33. The second kappa shape index (κ2) is 5.06. The topological polar surface area (TPSA) is 0 Å². The van der Waals surface area contributed by atoms with E-state index in [1.54, 1.807) is 0 Å². The van der Waals surface area contributed by atoms with Crippen LogP contribution in [0.2, 0.25) is 0 Å². The van der Waals surface area contributed by atoms with Gasteiger partial charge < -0.3 is 0 Å². The monoisotopic (exact) mass is 368 g/mol. The van der Waals surface area contributed by atoms with Gasteiger partial charge in [-0.2, -0.15) is 0 Å². The van der Waals surface area contributed by atoms with E-state index in [4.69, 9.17) is 0 Å². The van der Waals surface area contributed by atoms with Crippen molar-refractivity contribution in [3.63, 3.8) is 0 Å². The average Bonchev–Trinajstić information content (AvgIpc) is 3.21. The first-order valence-electron chi connectivity index (χ1n) is 8.86. The summed E-state index contributed by atoms with van der Waals surface area (Å²) >= 11 is 3.76. The van der Waals surface area contributed by atoms with Crippen LogP contribution in [0, 0.1) is 13.8 Å². The SMILES string of the molecule is Cc1cc2c(ccc3c2ccc2c4ccc5sc(C)cc5c4ccc32)s1. The molecule has 2 heterocycles. The highest BCUT2D eigenvalue weighted by atomic mass is 32.1. The molecule has 0 N–H and O–H groups in total. The molecule has 2 heteroatoms. The summed E-state index contributed by atoms with van der Waals surface area (Å²) in [6, 6.07) is 23.1. The Kier molecular flexibility index (Phi) is 2.87. The van der Waals surface area contributed by atoms with E-state index in [9.17, 15) is 0 Å². The van der Waals surface area contributed by atoms with Crippen LogP contribution in [-0.2, 0) is 0 Å². The number of rotatable bonds is 0. The molecule has 0 unspecified atom stereocenters. The second-order valence-electron chi connectivity index (χ2n) is 7.09. The highest BCUT2D eigenvalue weighted by Crippen LogP contribution is 2.39. The molecule has 0 saturated carbocycles. The zero-order valence-electron chi connectivity index (χ0n) is 14.6. The third kappa shape index (κ3) is 1.89. The smallest absolute Gasteiger partial charge is 0.0352 e. The lowest BCUT2D eigenvalue weighted by atomic mass is 9.95. The predicted octanol–water partition coefficient (Wildman–Crippen LogP) is 8.19. The molecule has 0 aliphatic heterocycles. The first-order chi connectivity index (χ1) is 12.7. The zero-order valence-corrected chi connectivity index (χ0v) is 16.2. The van der Waals surface area contributed by atoms with Gasteiger partial charge >= 0.3 is 0 Å². The number of hydrogen-bond acceptors (Lipinski definition) is 2. The Morgan fingerprint density at radius 2 is 0.731 bits per heavy atom. The first kappa shape index (κ1) is 14.7. The molecular formula is C24H16S2. The lowest BCUT2D eigenvalue weighted by molar-refractivity contribution is 1.66. The van der Waals surface area contributed by atoms with Gasteiger partial charge in [0.15, 0.2) is 0 Å². The third-order valence-corrected chi connectivity index (χ3v) is 7.47. The number of thiophene rings is 2. The van der Waals surface area contributed by atoms with Crippen molar-refractivity contribution in [2.75, 3.05) is 0 Å². The summed E-state index contributed by atoms with van der Waals surface area (Å²) in [7, 11) is 0. The number of fused-ring (bicyclic) bond motifs is 9. The van der Waals surface area contributed by atoms with Crippen LogP contribution in [0.5, 0.6) is 0 Å². The highest BCUT2D eigenvalue weighted by Gasteiger charge is 2.11. The van der Waals surface area contributed by atoms with E-state index in [1.807, 2.05) is 22.7 Å². The van der Waals surface area contributed by atoms with Gasteiger partial charge in [-0.3, -0.25) is 0 Å². The summed E-state index contributed by atoms with van der Waals surface area (Å²) in [6.45, 7) is 4.39. The number of benzene rings is 4. The molecule has 0 nitrogen and oxygen atoms in total. The van der Waals surface area contributed by atoms with Crippen molar-refractivity contribution in [1.82, 2.24) is 0 Å². The molecule has 2 aromatic heterocycles. The van der Waals surface area contributed by atoms with E-state index in [-0.39, 0.29) is 0 Å². The molecule has 0 spiro atoms. The van der Waals surface area contributed by atoms with Crippen LogP contribution in [0.1, 0.15) is 9.75 Å². The van der Waals surface area contributed by atoms with Crippen molar-refractivity contribution in [3.8, 4) is 0 Å². The van der Waals surface area contributed by atoms with E-state index in [1.165, 1.54) is 62.2 Å². The fourth-order valence-corrected chi connectivity index (χ4v) is 6.21. The minimum atomic E-state index is 1.35. The average molecular weight is 369 g/mol. The van der Waals surface area contributed by atoms with Crippen molar-refractivity contribution < 1.29 is 0 Å². The van der Waals surface area contributed by atoms with Gasteiger partial charge in [-0.25, -0.2) is 0 Å². The van der Waals surface area contributed by atoms with E-state index in [2.05, 4.69) is 74.5 Å². The standard InChI is InChI=1S/C24H16S2/c1-13-11-21-19-5-3-16-15(17(19)7-9-23(21)25-13)4-6-20-18(16)8-10-24-22(20)12-14(2)26-24/h3-12H,1-2H3. The predicted molar refractivity (Wildman–Crippen MR) is 119 cm³/mol. The van der Waals surface area contributed by atoms with Crippen molar-refractivity contribution in [2.45, 2.75) is 13.8 Å². The molecular weight excluding hydrogens is 352 g/mol. The lowest BCUT2D eigenvalue weighted by Crippen LogP contribution is -1.81. The lowest BCUT2D eigenvalue weighted by Gasteiger charge is -2.09. The molecule has 0 radical (unpaired) electrons. The Morgan fingerprint density at radius 1 is 0.423 bits per heavy atom. The molecule has 0 atom stereocenters. The maximum absolute atomic E-state index is 2.33. The quantitative estimate of drug-likeness (QED) is 0.237. The Balaban J connectivity index is 1.81. The summed E-state index contributed by atoms with van der Waals surface area (Å²) in [5.74, 6) is 0. The van der Waals surface area contributed by atoms with Crippen LogP contribution in [0.25, 0.3) is 52.5 Å². The van der Waals surface area contributed by atoms with Crippen LogP contribution in [0.4, 0.5) is 0 Å². The Bertz CT molecular complexity index is 1380. The Labute approximate surface area is 159 Å². The third-order valence-electron chi connectivity index (χ3n) is 5.44. The van der Waals surface area contributed by atoms with Crippen molar-refractivity contribution in [1.29, 1.82) is 0 Å². The van der Waals surface area contributed by atoms with Gasteiger partial charge in [-0.15, -0.1) is 22.7 Å². The van der Waals surface area contributed by atoms with Gasteiger partial charge in [0, 0.05) is 29.9 Å². The van der Waals surface area contributed by atoms with Gasteiger partial charge in [0.25, 0.3) is 0 Å². The van der Waals surface area contributed by atoms with Gasteiger partial charge in [0.1, 0.15) is 0 Å². The van der Waals surface area contributed by atoms with Crippen LogP contribution in [-0.4, -0.2) is 0 Å². The van der Waals surface area contributed by atoms with Gasteiger partial charge in [-0.1, -0.05) is 36.4 Å². The minimum absolute atomic E-state index is 1.35. The van der Waals surface area contributed by atoms with E-state index in [0.717, 1.165) is 0 Å². The maximum Gasteiger partial charge on any atom is 0.0352 e. The Hall–Kier alpha value is -2.42. The van der Waals surface area contributed by atoms with E-state index >= 15 is 0 Å². The normalized spacial score (nSPS) is 12.2. The van der Waals surface area contributed by atoms with E-state index < -0.39 is 0 Å². The minimum Gasteiger partial charge on any atom is -0.141 e.